The number of rotatable bonds is 3. The first-order valence-electron chi connectivity index (χ1n) is 8.24. The van der Waals surface area contributed by atoms with Crippen molar-refractivity contribution in [2.24, 2.45) is 0 Å². The molecule has 0 aromatic heterocycles. The van der Waals surface area contributed by atoms with E-state index in [1.807, 2.05) is 18.2 Å². The van der Waals surface area contributed by atoms with E-state index in [2.05, 4.69) is 15.9 Å². The monoisotopic (exact) mass is 426 g/mol. The van der Waals surface area contributed by atoms with Gasteiger partial charge >= 0.3 is 12.2 Å². The number of hydrogen-bond donors (Lipinski definition) is 1. The number of nitrogens with zero attached hydrogens (tertiary/aromatic N) is 1. The SMILES string of the molecule is CC(C)(C)OC(=O)N(C/C=C/c1cccc(Br)c1N)C(=O)OC(C)(C)C. The number of nitrogens with two attached hydrogens (primary N) is 1. The van der Waals surface area contributed by atoms with Crippen LogP contribution in [0.15, 0.2) is 28.7 Å². The lowest BCUT2D eigenvalue weighted by molar-refractivity contribution is 0.00377. The fraction of sp³-hybridized carbons (Fsp3) is 0.474. The second kappa shape index (κ2) is 8.58. The number of carbonyl (C=O) groups excluding carboxylic acids is 2. The molecule has 26 heavy (non-hydrogen) atoms. The minimum atomic E-state index is -0.765. The Morgan fingerprint density at radius 2 is 1.58 bits per heavy atom. The Kier molecular flexibility index (Phi) is 7.26. The van der Waals surface area contributed by atoms with Gasteiger partial charge in [-0.15, -0.1) is 0 Å². The Morgan fingerprint density at radius 1 is 1.08 bits per heavy atom. The summed E-state index contributed by atoms with van der Waals surface area (Å²) in [6.45, 7) is 10.4. The van der Waals surface area contributed by atoms with E-state index in [-0.39, 0.29) is 6.54 Å². The number of anilines is 1. The van der Waals surface area contributed by atoms with Crippen LogP contribution >= 0.6 is 15.9 Å². The first kappa shape index (κ1) is 22.0. The summed E-state index contributed by atoms with van der Waals surface area (Å²) in [6, 6.07) is 5.52. The quantitative estimate of drug-likeness (QED) is 0.669. The van der Waals surface area contributed by atoms with Crippen molar-refractivity contribution in [3.8, 4) is 0 Å². The maximum Gasteiger partial charge on any atom is 0.420 e. The molecule has 1 rings (SSSR count). The van der Waals surface area contributed by atoms with Gasteiger partial charge in [-0.2, -0.15) is 0 Å². The summed E-state index contributed by atoms with van der Waals surface area (Å²) in [4.78, 5) is 25.7. The fourth-order valence-corrected chi connectivity index (χ4v) is 2.22. The molecule has 0 aliphatic rings. The van der Waals surface area contributed by atoms with E-state index in [9.17, 15) is 9.59 Å². The second-order valence-corrected chi connectivity index (χ2v) is 8.57. The number of halogens is 1. The normalized spacial score (nSPS) is 12.1. The third-order valence-corrected chi connectivity index (χ3v) is 3.59. The molecule has 0 aliphatic heterocycles. The number of benzene rings is 1. The van der Waals surface area contributed by atoms with Gasteiger partial charge in [0.05, 0.1) is 12.2 Å². The van der Waals surface area contributed by atoms with E-state index in [1.54, 1.807) is 53.7 Å². The summed E-state index contributed by atoms with van der Waals surface area (Å²) in [5.74, 6) is 0. The lowest BCUT2D eigenvalue weighted by Gasteiger charge is -2.28. The minimum Gasteiger partial charge on any atom is -0.443 e. The number of amides is 2. The van der Waals surface area contributed by atoms with Crippen LogP contribution in [0.1, 0.15) is 47.1 Å². The summed E-state index contributed by atoms with van der Waals surface area (Å²) >= 11 is 3.36. The molecule has 0 fully saturated rings. The standard InChI is InChI=1S/C19H27BrN2O4/c1-18(2,3)25-16(23)22(17(24)26-19(4,5)6)12-8-10-13-9-7-11-14(20)15(13)21/h7-11H,12,21H2,1-6H3/b10-8+. The molecule has 1 aromatic carbocycles. The van der Waals surface area contributed by atoms with E-state index in [0.717, 1.165) is 14.9 Å². The highest BCUT2D eigenvalue weighted by Crippen LogP contribution is 2.24. The van der Waals surface area contributed by atoms with Crippen LogP contribution < -0.4 is 5.73 Å². The highest BCUT2D eigenvalue weighted by Gasteiger charge is 2.30. The van der Waals surface area contributed by atoms with E-state index in [4.69, 9.17) is 15.2 Å². The van der Waals surface area contributed by atoms with E-state index in [1.165, 1.54) is 0 Å². The van der Waals surface area contributed by atoms with Crippen molar-refractivity contribution in [2.45, 2.75) is 52.7 Å². The molecule has 0 radical (unpaired) electrons. The van der Waals surface area contributed by atoms with Crippen LogP contribution in [0.2, 0.25) is 0 Å². The number of hydrogen-bond acceptors (Lipinski definition) is 5. The van der Waals surface area contributed by atoms with Crippen molar-refractivity contribution in [3.05, 3.63) is 34.3 Å². The number of nitrogen functional groups attached to an aromatic ring is 1. The number of carbonyl (C=O) groups is 2. The summed E-state index contributed by atoms with van der Waals surface area (Å²) in [7, 11) is 0. The van der Waals surface area contributed by atoms with Crippen LogP contribution in [-0.4, -0.2) is 34.8 Å². The Hall–Kier alpha value is -2.02. The number of imide groups is 1. The molecule has 6 nitrogen and oxygen atoms in total. The van der Waals surface area contributed by atoms with Crippen LogP contribution in [0.4, 0.5) is 15.3 Å². The minimum absolute atomic E-state index is 0.00419. The topological polar surface area (TPSA) is 81.9 Å². The molecule has 144 valence electrons. The number of para-hydroxylation sites is 1. The van der Waals surface area contributed by atoms with Crippen LogP contribution in [0, 0.1) is 0 Å². The Bertz CT molecular complexity index is 660. The summed E-state index contributed by atoms with van der Waals surface area (Å²) in [6.07, 6.45) is 1.87. The van der Waals surface area contributed by atoms with E-state index >= 15 is 0 Å². The van der Waals surface area contributed by atoms with Gasteiger partial charge < -0.3 is 15.2 Å². The summed E-state index contributed by atoms with van der Waals surface area (Å²) < 4.78 is 11.4. The Balaban J connectivity index is 2.97. The summed E-state index contributed by atoms with van der Waals surface area (Å²) in [5.41, 5.74) is 5.88. The predicted molar refractivity (Wildman–Crippen MR) is 107 cm³/mol. The van der Waals surface area contributed by atoms with Crippen LogP contribution in [0.25, 0.3) is 6.08 Å². The third-order valence-electron chi connectivity index (χ3n) is 2.90. The molecule has 0 spiro atoms. The van der Waals surface area contributed by atoms with Gasteiger partial charge in [0.25, 0.3) is 0 Å². The van der Waals surface area contributed by atoms with Crippen molar-refractivity contribution in [3.63, 3.8) is 0 Å². The molecule has 2 N–H and O–H groups in total. The van der Waals surface area contributed by atoms with Crippen molar-refractivity contribution in [2.75, 3.05) is 12.3 Å². The molecule has 1 aromatic rings. The highest BCUT2D eigenvalue weighted by molar-refractivity contribution is 9.10. The third kappa shape index (κ3) is 7.47. The van der Waals surface area contributed by atoms with E-state index < -0.39 is 23.4 Å². The lowest BCUT2D eigenvalue weighted by Crippen LogP contribution is -2.43. The molecule has 0 saturated carbocycles. The molecular formula is C19H27BrN2O4. The zero-order valence-corrected chi connectivity index (χ0v) is 17.7. The molecule has 2 amide bonds. The molecule has 0 saturated heterocycles. The van der Waals surface area contributed by atoms with E-state index in [0.29, 0.717) is 5.69 Å². The average molecular weight is 427 g/mol. The van der Waals surface area contributed by atoms with Gasteiger partial charge in [0.1, 0.15) is 11.2 Å². The fourth-order valence-electron chi connectivity index (χ4n) is 1.84. The van der Waals surface area contributed by atoms with Crippen LogP contribution in [0.5, 0.6) is 0 Å². The van der Waals surface area contributed by atoms with Crippen molar-refractivity contribution >= 4 is 39.9 Å². The van der Waals surface area contributed by atoms with Gasteiger partial charge in [0, 0.05) is 4.47 Å². The Morgan fingerprint density at radius 3 is 2.04 bits per heavy atom. The molecule has 0 bridgehead atoms. The van der Waals surface area contributed by atoms with Gasteiger partial charge in [0.2, 0.25) is 0 Å². The Labute approximate surface area is 163 Å². The average Bonchev–Trinajstić information content (AvgIpc) is 2.43. The molecule has 0 aliphatic carbocycles. The van der Waals surface area contributed by atoms with Gasteiger partial charge in [-0.25, -0.2) is 14.5 Å². The zero-order chi connectivity index (χ0) is 20.1. The smallest absolute Gasteiger partial charge is 0.420 e. The van der Waals surface area contributed by atoms with Gasteiger partial charge in [-0.3, -0.25) is 0 Å². The summed E-state index contributed by atoms with van der Waals surface area (Å²) in [5, 5.41) is 0. The zero-order valence-electron chi connectivity index (χ0n) is 16.1. The molecule has 0 heterocycles. The van der Waals surface area contributed by atoms with Crippen molar-refractivity contribution in [1.29, 1.82) is 0 Å². The molecule has 0 unspecified atom stereocenters. The van der Waals surface area contributed by atoms with Gasteiger partial charge in [-0.05, 0) is 69.1 Å². The highest BCUT2D eigenvalue weighted by atomic mass is 79.9. The predicted octanol–water partition coefficient (Wildman–Crippen LogP) is 5.22. The van der Waals surface area contributed by atoms with Crippen LogP contribution in [-0.2, 0) is 9.47 Å². The van der Waals surface area contributed by atoms with Crippen LogP contribution in [0.3, 0.4) is 0 Å². The van der Waals surface area contributed by atoms with Crippen molar-refractivity contribution < 1.29 is 19.1 Å². The van der Waals surface area contributed by atoms with Crippen molar-refractivity contribution in [1.82, 2.24) is 4.90 Å². The lowest BCUT2D eigenvalue weighted by atomic mass is 10.1. The maximum atomic E-state index is 12.4. The number of ether oxygens (including phenoxy) is 2. The maximum absolute atomic E-state index is 12.4. The first-order chi connectivity index (χ1) is 11.8. The van der Waals surface area contributed by atoms with Gasteiger partial charge in [-0.1, -0.05) is 24.3 Å². The molecular weight excluding hydrogens is 400 g/mol. The second-order valence-electron chi connectivity index (χ2n) is 7.72. The molecule has 7 heteroatoms. The van der Waals surface area contributed by atoms with Gasteiger partial charge in [0.15, 0.2) is 0 Å². The first-order valence-corrected chi connectivity index (χ1v) is 9.03. The molecule has 0 atom stereocenters. The largest absolute Gasteiger partial charge is 0.443 e.